The third kappa shape index (κ3) is 7.85. The smallest absolute Gasteiger partial charge is 0.246 e. The molecule has 3 amide bonds. The van der Waals surface area contributed by atoms with Gasteiger partial charge in [-0.1, -0.05) is 79.9 Å². The number of hydrogen-bond donors (Lipinski definition) is 2. The number of nitrogens with zero attached hydrogens (tertiary/aromatic N) is 2. The van der Waals surface area contributed by atoms with Crippen LogP contribution in [0.5, 0.6) is 0 Å². The van der Waals surface area contributed by atoms with Gasteiger partial charge in [-0.25, -0.2) is 0 Å². The molecule has 39 heavy (non-hydrogen) atoms. The van der Waals surface area contributed by atoms with Gasteiger partial charge in [0.05, 0.1) is 11.9 Å². The van der Waals surface area contributed by atoms with Crippen molar-refractivity contribution in [3.8, 4) is 0 Å². The van der Waals surface area contributed by atoms with Gasteiger partial charge in [0.2, 0.25) is 17.7 Å². The Balaban J connectivity index is 1.53. The van der Waals surface area contributed by atoms with Gasteiger partial charge >= 0.3 is 0 Å². The van der Waals surface area contributed by atoms with Crippen LogP contribution in [0.25, 0.3) is 0 Å². The Bertz CT molecular complexity index is 1080. The van der Waals surface area contributed by atoms with Crippen molar-refractivity contribution < 1.29 is 14.4 Å². The molecule has 0 aromatic heterocycles. The largest absolute Gasteiger partial charge is 0.343 e. The molecule has 2 aromatic rings. The number of nitrogens with one attached hydrogen (secondary N) is 2. The number of carbonyl (C=O) groups is 3. The summed E-state index contributed by atoms with van der Waals surface area (Å²) in [5.41, 5.74) is 2.24. The van der Waals surface area contributed by atoms with Crippen molar-refractivity contribution in [1.29, 1.82) is 0 Å². The zero-order chi connectivity index (χ0) is 27.6. The molecule has 1 saturated heterocycles. The molecule has 0 spiro atoms. The Kier molecular flexibility index (Phi) is 10.9. The molecule has 0 unspecified atom stereocenters. The van der Waals surface area contributed by atoms with E-state index in [1.165, 1.54) is 5.56 Å². The van der Waals surface area contributed by atoms with Gasteiger partial charge in [-0.2, -0.15) is 0 Å². The van der Waals surface area contributed by atoms with Crippen LogP contribution in [0.1, 0.15) is 50.2 Å². The molecule has 210 valence electrons. The molecule has 2 fully saturated rings. The summed E-state index contributed by atoms with van der Waals surface area (Å²) in [6, 6.07) is 18.7. The molecular weight excluding hydrogens is 508 g/mol. The first-order valence-corrected chi connectivity index (χ1v) is 15.4. The monoisotopic (exact) mass is 550 g/mol. The highest BCUT2D eigenvalue weighted by atomic mass is 32.2. The van der Waals surface area contributed by atoms with Crippen molar-refractivity contribution in [2.24, 2.45) is 5.92 Å². The molecule has 2 aromatic carbocycles. The molecule has 4 rings (SSSR count). The van der Waals surface area contributed by atoms with Gasteiger partial charge in [0.25, 0.3) is 0 Å². The second kappa shape index (κ2) is 14.5. The Labute approximate surface area is 237 Å². The maximum atomic E-state index is 14.1. The maximum Gasteiger partial charge on any atom is 0.246 e. The second-order valence-corrected chi connectivity index (χ2v) is 11.7. The molecule has 1 aliphatic carbocycles. The fraction of sp³-hybridized carbons (Fsp3) is 0.516. The van der Waals surface area contributed by atoms with E-state index in [4.69, 9.17) is 0 Å². The van der Waals surface area contributed by atoms with Gasteiger partial charge in [-0.05, 0) is 50.3 Å². The van der Waals surface area contributed by atoms with Crippen molar-refractivity contribution in [2.75, 3.05) is 25.2 Å². The predicted octanol–water partition coefficient (Wildman–Crippen LogP) is 3.83. The van der Waals surface area contributed by atoms with E-state index in [1.54, 1.807) is 30.6 Å². The Morgan fingerprint density at radius 3 is 2.26 bits per heavy atom. The van der Waals surface area contributed by atoms with Crippen molar-refractivity contribution in [1.82, 2.24) is 20.4 Å². The predicted molar refractivity (Wildman–Crippen MR) is 157 cm³/mol. The lowest BCUT2D eigenvalue weighted by Crippen LogP contribution is -2.58. The topological polar surface area (TPSA) is 81.8 Å². The summed E-state index contributed by atoms with van der Waals surface area (Å²) in [7, 11) is 1.74. The van der Waals surface area contributed by atoms with Gasteiger partial charge in [0.15, 0.2) is 0 Å². The van der Waals surface area contributed by atoms with Crippen LogP contribution >= 0.6 is 11.8 Å². The first kappa shape index (κ1) is 29.2. The summed E-state index contributed by atoms with van der Waals surface area (Å²) < 4.78 is 0. The van der Waals surface area contributed by atoms with Crippen molar-refractivity contribution in [3.63, 3.8) is 0 Å². The van der Waals surface area contributed by atoms with Gasteiger partial charge in [-0.3, -0.25) is 14.4 Å². The summed E-state index contributed by atoms with van der Waals surface area (Å²) in [6.07, 6.45) is 5.87. The fourth-order valence-corrected chi connectivity index (χ4v) is 6.65. The average Bonchev–Trinajstić information content (AvgIpc) is 3.48. The van der Waals surface area contributed by atoms with Crippen molar-refractivity contribution >= 4 is 29.5 Å². The molecule has 2 N–H and O–H groups in total. The Morgan fingerprint density at radius 1 is 0.974 bits per heavy atom. The summed E-state index contributed by atoms with van der Waals surface area (Å²) in [5, 5.41) is 6.03. The first-order chi connectivity index (χ1) is 19.0. The van der Waals surface area contributed by atoms with E-state index in [0.29, 0.717) is 24.7 Å². The molecule has 8 heteroatoms. The average molecular weight is 551 g/mol. The summed E-state index contributed by atoms with van der Waals surface area (Å²) in [5.74, 6) is 0.812. The van der Waals surface area contributed by atoms with Crippen LogP contribution in [0, 0.1) is 5.92 Å². The molecule has 7 nitrogen and oxygen atoms in total. The van der Waals surface area contributed by atoms with E-state index in [-0.39, 0.29) is 23.6 Å². The van der Waals surface area contributed by atoms with Crippen molar-refractivity contribution in [2.45, 2.75) is 70.1 Å². The minimum atomic E-state index is -0.602. The maximum absolute atomic E-state index is 14.1. The highest BCUT2D eigenvalue weighted by molar-refractivity contribution is 7.99. The number of rotatable bonds is 11. The molecule has 1 aliphatic heterocycles. The minimum absolute atomic E-state index is 0.0227. The Morgan fingerprint density at radius 2 is 1.62 bits per heavy atom. The van der Waals surface area contributed by atoms with E-state index in [0.717, 1.165) is 44.1 Å². The lowest BCUT2D eigenvalue weighted by molar-refractivity contribution is -0.146. The molecule has 2 aliphatic rings. The van der Waals surface area contributed by atoms with Crippen LogP contribution in [0.15, 0.2) is 60.7 Å². The van der Waals surface area contributed by atoms with Crippen molar-refractivity contribution in [3.05, 3.63) is 71.8 Å². The molecule has 1 heterocycles. The lowest BCUT2D eigenvalue weighted by atomic mass is 9.83. The molecule has 0 bridgehead atoms. The summed E-state index contributed by atoms with van der Waals surface area (Å²) >= 11 is 1.61. The van der Waals surface area contributed by atoms with Crippen LogP contribution in [0.2, 0.25) is 0 Å². The minimum Gasteiger partial charge on any atom is -0.343 e. The molecule has 3 atom stereocenters. The van der Waals surface area contributed by atoms with E-state index < -0.39 is 18.1 Å². The van der Waals surface area contributed by atoms with Crippen LogP contribution in [0.3, 0.4) is 0 Å². The molecule has 0 radical (unpaired) electrons. The lowest BCUT2D eigenvalue weighted by Gasteiger charge is -2.36. The third-order valence-corrected chi connectivity index (χ3v) is 9.02. The number of likely N-dealkylation sites (N-methyl/N-ethyl adjacent to an activating group) is 1. The van der Waals surface area contributed by atoms with E-state index >= 15 is 0 Å². The Hall–Kier alpha value is -2.84. The molecule has 1 saturated carbocycles. The fourth-order valence-electron chi connectivity index (χ4n) is 5.49. The van der Waals surface area contributed by atoms with Crippen LogP contribution in [0.4, 0.5) is 0 Å². The summed E-state index contributed by atoms with van der Waals surface area (Å²) in [4.78, 5) is 44.7. The quantitative estimate of drug-likeness (QED) is 0.445. The SMILES string of the molecule is CN[C@@H](C)C(=O)N[C@@H](C(=O)N1CSC[C@H]1C(=O)N(CCc1ccccc1)Cc1ccccc1)C1CCCCC1. The molecular formula is C31H42N4O3S. The highest BCUT2D eigenvalue weighted by Gasteiger charge is 2.42. The number of amides is 3. The van der Waals surface area contributed by atoms with Crippen LogP contribution in [-0.4, -0.2) is 70.9 Å². The van der Waals surface area contributed by atoms with Gasteiger partial charge in [-0.15, -0.1) is 11.8 Å². The zero-order valence-electron chi connectivity index (χ0n) is 23.2. The van der Waals surface area contributed by atoms with Gasteiger partial charge in [0, 0.05) is 18.8 Å². The van der Waals surface area contributed by atoms with Gasteiger partial charge in [0.1, 0.15) is 12.1 Å². The number of benzene rings is 2. The summed E-state index contributed by atoms with van der Waals surface area (Å²) in [6.45, 7) is 2.87. The normalized spacial score (nSPS) is 19.3. The van der Waals surface area contributed by atoms with Crippen LogP contribution in [-0.2, 0) is 27.3 Å². The number of thioether (sulfide) groups is 1. The van der Waals surface area contributed by atoms with Crippen LogP contribution < -0.4 is 10.6 Å². The second-order valence-electron chi connectivity index (χ2n) is 10.7. The number of hydrogen-bond acceptors (Lipinski definition) is 5. The first-order valence-electron chi connectivity index (χ1n) is 14.2. The van der Waals surface area contributed by atoms with E-state index in [9.17, 15) is 14.4 Å². The standard InChI is InChI=1S/C31H42N4O3S/c1-23(32-2)29(36)33-28(26-16-10-5-11-17-26)31(38)35-22-39-21-27(35)30(37)34(20-25-14-8-4-9-15-25)19-18-24-12-6-3-7-13-24/h3-4,6-9,12-15,23,26-28,32H,5,10-11,16-22H2,1-2H3,(H,33,36)/t23-,27-,28+/m0/s1. The number of carbonyl (C=O) groups excluding carboxylic acids is 3. The third-order valence-electron chi connectivity index (χ3n) is 8.00. The zero-order valence-corrected chi connectivity index (χ0v) is 24.0. The van der Waals surface area contributed by atoms with E-state index in [2.05, 4.69) is 22.8 Å². The highest BCUT2D eigenvalue weighted by Crippen LogP contribution is 2.31. The van der Waals surface area contributed by atoms with E-state index in [1.807, 2.05) is 53.4 Å². The van der Waals surface area contributed by atoms with Gasteiger partial charge < -0.3 is 20.4 Å².